The lowest BCUT2D eigenvalue weighted by Gasteiger charge is -2.32. The fourth-order valence-electron chi connectivity index (χ4n) is 3.16. The fraction of sp³-hybridized carbons (Fsp3) is 0.333. The Labute approximate surface area is 163 Å². The molecule has 7 heteroatoms. The Balaban J connectivity index is 1.68. The Morgan fingerprint density at radius 2 is 1.86 bits per heavy atom. The van der Waals surface area contributed by atoms with Crippen LogP contribution in [0, 0.1) is 5.82 Å². The summed E-state index contributed by atoms with van der Waals surface area (Å²) < 4.78 is 18.9. The van der Waals surface area contributed by atoms with Crippen LogP contribution in [0.15, 0.2) is 42.5 Å². The maximum absolute atomic E-state index is 13.7. The predicted molar refractivity (Wildman–Crippen MR) is 105 cm³/mol. The zero-order valence-electron chi connectivity index (χ0n) is 16.1. The number of nitrogens with zero attached hydrogens (tertiary/aromatic N) is 2. The van der Waals surface area contributed by atoms with E-state index in [1.807, 2.05) is 7.05 Å². The molecule has 1 fully saturated rings. The highest BCUT2D eigenvalue weighted by Crippen LogP contribution is 2.31. The number of carbonyl (C=O) groups is 2. The monoisotopic (exact) mass is 385 g/mol. The van der Waals surface area contributed by atoms with E-state index in [-0.39, 0.29) is 24.2 Å². The number of methoxy groups -OCH3 is 1. The van der Waals surface area contributed by atoms with Crippen molar-refractivity contribution >= 4 is 11.8 Å². The van der Waals surface area contributed by atoms with Gasteiger partial charge in [0.05, 0.1) is 13.7 Å². The lowest BCUT2D eigenvalue weighted by Crippen LogP contribution is -2.50. The highest BCUT2D eigenvalue weighted by Gasteiger charge is 2.19. The van der Waals surface area contributed by atoms with Crippen molar-refractivity contribution in [1.29, 1.82) is 0 Å². The van der Waals surface area contributed by atoms with Crippen LogP contribution in [-0.2, 0) is 4.79 Å². The quantitative estimate of drug-likeness (QED) is 0.855. The van der Waals surface area contributed by atoms with Gasteiger partial charge in [-0.2, -0.15) is 0 Å². The highest BCUT2D eigenvalue weighted by atomic mass is 19.1. The minimum atomic E-state index is -0.386. The zero-order chi connectivity index (χ0) is 20.1. The summed E-state index contributed by atoms with van der Waals surface area (Å²) in [7, 11) is 3.53. The molecule has 1 saturated heterocycles. The molecule has 0 radical (unpaired) electrons. The van der Waals surface area contributed by atoms with Gasteiger partial charge in [0.1, 0.15) is 11.6 Å². The summed E-state index contributed by atoms with van der Waals surface area (Å²) in [6.07, 6.45) is 0. The molecule has 28 heavy (non-hydrogen) atoms. The van der Waals surface area contributed by atoms with Gasteiger partial charge in [0.25, 0.3) is 5.91 Å². The van der Waals surface area contributed by atoms with E-state index in [1.165, 1.54) is 19.2 Å². The molecular formula is C21H24FN3O3. The average molecular weight is 385 g/mol. The van der Waals surface area contributed by atoms with Crippen molar-refractivity contribution in [2.75, 3.05) is 46.9 Å². The Bertz CT molecular complexity index is 864. The lowest BCUT2D eigenvalue weighted by atomic mass is 10.0. The number of likely N-dealkylation sites (N-methyl/N-ethyl adjacent to an activating group) is 1. The standard InChI is InChI=1S/C21H24FN3O3/c1-24-8-10-25(11-9-24)20(26)14-23-21(27)16-5-3-4-15(12-16)18-13-17(22)6-7-19(18)28-2/h3-7,12-13H,8-11,14H2,1-2H3,(H,23,27). The molecule has 0 unspecified atom stereocenters. The smallest absolute Gasteiger partial charge is 0.251 e. The van der Waals surface area contributed by atoms with Crippen LogP contribution in [0.3, 0.4) is 0 Å². The number of ether oxygens (including phenoxy) is 1. The first-order valence-electron chi connectivity index (χ1n) is 9.16. The van der Waals surface area contributed by atoms with Crippen LogP contribution in [0.2, 0.25) is 0 Å². The van der Waals surface area contributed by atoms with E-state index in [1.54, 1.807) is 35.2 Å². The van der Waals surface area contributed by atoms with Crippen molar-refractivity contribution in [3.63, 3.8) is 0 Å². The number of amides is 2. The zero-order valence-corrected chi connectivity index (χ0v) is 16.1. The first-order chi connectivity index (χ1) is 13.5. The SMILES string of the molecule is COc1ccc(F)cc1-c1cccc(C(=O)NCC(=O)N2CCN(C)CC2)c1. The summed E-state index contributed by atoms with van der Waals surface area (Å²) >= 11 is 0. The van der Waals surface area contributed by atoms with E-state index in [9.17, 15) is 14.0 Å². The van der Waals surface area contributed by atoms with Crippen molar-refractivity contribution in [1.82, 2.24) is 15.1 Å². The fourth-order valence-corrected chi connectivity index (χ4v) is 3.16. The van der Waals surface area contributed by atoms with E-state index in [0.29, 0.717) is 35.5 Å². The number of hydrogen-bond acceptors (Lipinski definition) is 4. The minimum Gasteiger partial charge on any atom is -0.496 e. The number of hydrogen-bond donors (Lipinski definition) is 1. The molecule has 1 aliphatic heterocycles. The van der Waals surface area contributed by atoms with Gasteiger partial charge in [0.15, 0.2) is 0 Å². The Morgan fingerprint density at radius 3 is 2.57 bits per heavy atom. The van der Waals surface area contributed by atoms with Crippen molar-refractivity contribution in [2.45, 2.75) is 0 Å². The van der Waals surface area contributed by atoms with Gasteiger partial charge >= 0.3 is 0 Å². The molecule has 1 heterocycles. The summed E-state index contributed by atoms with van der Waals surface area (Å²) in [6, 6.07) is 11.1. The maximum atomic E-state index is 13.7. The first kappa shape index (κ1) is 19.8. The van der Waals surface area contributed by atoms with Crippen molar-refractivity contribution in [2.24, 2.45) is 0 Å². The molecule has 1 N–H and O–H groups in total. The normalized spacial score (nSPS) is 14.6. The third-order valence-corrected chi connectivity index (χ3v) is 4.85. The number of carbonyl (C=O) groups excluding carboxylic acids is 2. The number of benzene rings is 2. The van der Waals surface area contributed by atoms with E-state index < -0.39 is 0 Å². The molecule has 0 spiro atoms. The van der Waals surface area contributed by atoms with E-state index in [2.05, 4.69) is 10.2 Å². The molecule has 0 aliphatic carbocycles. The lowest BCUT2D eigenvalue weighted by molar-refractivity contribution is -0.131. The topological polar surface area (TPSA) is 61.9 Å². The third-order valence-electron chi connectivity index (χ3n) is 4.85. The van der Waals surface area contributed by atoms with Crippen LogP contribution in [0.5, 0.6) is 5.75 Å². The molecule has 0 atom stereocenters. The summed E-state index contributed by atoms with van der Waals surface area (Å²) in [5.41, 5.74) is 1.62. The summed E-state index contributed by atoms with van der Waals surface area (Å²) in [5.74, 6) is -0.309. The number of piperazine rings is 1. The molecule has 2 aromatic rings. The van der Waals surface area contributed by atoms with Gasteiger partial charge in [0.2, 0.25) is 5.91 Å². The third kappa shape index (κ3) is 4.67. The van der Waals surface area contributed by atoms with Gasteiger partial charge in [0, 0.05) is 37.3 Å². The Kier molecular flexibility index (Phi) is 6.26. The van der Waals surface area contributed by atoms with Gasteiger partial charge in [-0.15, -0.1) is 0 Å². The van der Waals surface area contributed by atoms with E-state index in [4.69, 9.17) is 4.74 Å². The Hall–Kier alpha value is -2.93. The number of rotatable bonds is 5. The molecule has 148 valence electrons. The van der Waals surface area contributed by atoms with Gasteiger partial charge in [-0.3, -0.25) is 9.59 Å². The largest absolute Gasteiger partial charge is 0.496 e. The highest BCUT2D eigenvalue weighted by molar-refractivity contribution is 5.97. The summed E-state index contributed by atoms with van der Waals surface area (Å²) in [5, 5.41) is 2.68. The second-order valence-electron chi connectivity index (χ2n) is 6.79. The molecular weight excluding hydrogens is 361 g/mol. The van der Waals surface area contributed by atoms with Gasteiger partial charge in [-0.25, -0.2) is 4.39 Å². The van der Waals surface area contributed by atoms with E-state index in [0.717, 1.165) is 13.1 Å². The molecule has 6 nitrogen and oxygen atoms in total. The second-order valence-corrected chi connectivity index (χ2v) is 6.79. The van der Waals surface area contributed by atoms with Crippen LogP contribution >= 0.6 is 0 Å². The predicted octanol–water partition coefficient (Wildman–Crippen LogP) is 2.01. The Morgan fingerprint density at radius 1 is 1.11 bits per heavy atom. The summed E-state index contributed by atoms with van der Waals surface area (Å²) in [4.78, 5) is 28.7. The van der Waals surface area contributed by atoms with Crippen molar-refractivity contribution in [3.8, 4) is 16.9 Å². The van der Waals surface area contributed by atoms with Gasteiger partial charge in [-0.1, -0.05) is 12.1 Å². The summed E-state index contributed by atoms with van der Waals surface area (Å²) in [6.45, 7) is 2.95. The molecule has 0 aromatic heterocycles. The first-order valence-corrected chi connectivity index (χ1v) is 9.16. The van der Waals surface area contributed by atoms with Crippen LogP contribution in [0.25, 0.3) is 11.1 Å². The van der Waals surface area contributed by atoms with Gasteiger partial charge in [-0.05, 0) is 42.9 Å². The van der Waals surface area contributed by atoms with Crippen LogP contribution in [-0.4, -0.2) is 68.5 Å². The van der Waals surface area contributed by atoms with Crippen molar-refractivity contribution < 1.29 is 18.7 Å². The maximum Gasteiger partial charge on any atom is 0.251 e. The molecule has 3 rings (SSSR count). The van der Waals surface area contributed by atoms with Crippen LogP contribution in [0.1, 0.15) is 10.4 Å². The molecule has 1 aliphatic rings. The van der Waals surface area contributed by atoms with E-state index >= 15 is 0 Å². The van der Waals surface area contributed by atoms with Crippen LogP contribution in [0.4, 0.5) is 4.39 Å². The minimum absolute atomic E-state index is 0.0456. The van der Waals surface area contributed by atoms with Crippen LogP contribution < -0.4 is 10.1 Å². The van der Waals surface area contributed by atoms with Crippen molar-refractivity contribution in [3.05, 3.63) is 53.8 Å². The second kappa shape index (κ2) is 8.84. The molecule has 0 bridgehead atoms. The average Bonchev–Trinajstić information content (AvgIpc) is 2.72. The molecule has 0 saturated carbocycles. The van der Waals surface area contributed by atoms with Gasteiger partial charge < -0.3 is 19.9 Å². The number of nitrogens with one attached hydrogen (secondary N) is 1. The number of halogens is 1. The molecule has 2 aromatic carbocycles. The molecule has 2 amide bonds.